The summed E-state index contributed by atoms with van der Waals surface area (Å²) in [5.41, 5.74) is -1.17. The Kier molecular flexibility index (Phi) is 5.32. The third-order valence-electron chi connectivity index (χ3n) is 3.17. The van der Waals surface area contributed by atoms with Crippen LogP contribution in [0.3, 0.4) is 0 Å². The average Bonchev–Trinajstić information content (AvgIpc) is 2.81. The van der Waals surface area contributed by atoms with Crippen LogP contribution in [0.5, 0.6) is 0 Å². The molecule has 2 rings (SSSR count). The topological polar surface area (TPSA) is 129 Å². The molecule has 1 aliphatic heterocycles. The van der Waals surface area contributed by atoms with Gasteiger partial charge in [0.15, 0.2) is 0 Å². The highest BCUT2D eigenvalue weighted by atomic mass is 31.2. The molecule has 2 heterocycles. The predicted octanol–water partition coefficient (Wildman–Crippen LogP) is -0.397. The maximum Gasteiger partial charge on any atom is 0.472 e. The highest BCUT2D eigenvalue weighted by molar-refractivity contribution is 7.47. The molecule has 11 heteroatoms. The van der Waals surface area contributed by atoms with Gasteiger partial charge in [0.05, 0.1) is 6.61 Å². The van der Waals surface area contributed by atoms with E-state index in [1.807, 2.05) is 0 Å². The number of hydrogen-bond donors (Lipinski definition) is 2. The fourth-order valence-electron chi connectivity index (χ4n) is 2.16. The summed E-state index contributed by atoms with van der Waals surface area (Å²) < 4.78 is 32.7. The van der Waals surface area contributed by atoms with Crippen LogP contribution in [0, 0.1) is 0 Å². The summed E-state index contributed by atoms with van der Waals surface area (Å²) in [5, 5.41) is 0. The number of nitrogens with zero attached hydrogens (tertiary/aromatic N) is 1. The molecular weight excluding hydrogens is 319 g/mol. The molecule has 0 aliphatic carbocycles. The van der Waals surface area contributed by atoms with E-state index in [9.17, 15) is 19.0 Å². The summed E-state index contributed by atoms with van der Waals surface area (Å²) >= 11 is 0. The molecule has 1 aromatic rings. The zero-order chi connectivity index (χ0) is 16.3. The molecule has 10 nitrogen and oxygen atoms in total. The van der Waals surface area contributed by atoms with E-state index in [2.05, 4.69) is 9.51 Å². The van der Waals surface area contributed by atoms with E-state index >= 15 is 0 Å². The first-order valence-corrected chi connectivity index (χ1v) is 7.88. The number of hydrogen-bond acceptors (Lipinski definition) is 7. The van der Waals surface area contributed by atoms with Gasteiger partial charge in [-0.15, -0.1) is 0 Å². The molecule has 4 atom stereocenters. The molecule has 2 unspecified atom stereocenters. The number of nitrogens with one attached hydrogen (secondary N) is 1. The van der Waals surface area contributed by atoms with Crippen LogP contribution in [-0.2, 0) is 23.1 Å². The molecule has 0 bridgehead atoms. The summed E-state index contributed by atoms with van der Waals surface area (Å²) in [6, 6.07) is 1.18. The van der Waals surface area contributed by atoms with Crippen LogP contribution in [0.1, 0.15) is 12.6 Å². The Labute approximate surface area is 125 Å². The zero-order valence-electron chi connectivity index (χ0n) is 12.0. The van der Waals surface area contributed by atoms with E-state index < -0.39 is 37.5 Å². The SMILES string of the molecule is COC[C@H]1O[C@@H](n2ccc(=O)[nH]c2=O)CC1OP(=O)(O)OC. The monoisotopic (exact) mass is 336 g/mol. The van der Waals surface area contributed by atoms with Crippen LogP contribution in [0.15, 0.2) is 21.9 Å². The molecule has 0 aromatic carbocycles. The minimum Gasteiger partial charge on any atom is -0.382 e. The van der Waals surface area contributed by atoms with Gasteiger partial charge in [0, 0.05) is 32.9 Å². The molecule has 1 fully saturated rings. The fraction of sp³-hybridized carbons (Fsp3) is 0.636. The Morgan fingerprint density at radius 1 is 1.50 bits per heavy atom. The molecule has 124 valence electrons. The normalized spacial score (nSPS) is 27.7. The summed E-state index contributed by atoms with van der Waals surface area (Å²) in [6.07, 6.45) is -0.823. The molecule has 22 heavy (non-hydrogen) atoms. The number of phosphoric acid groups is 1. The van der Waals surface area contributed by atoms with E-state index in [1.54, 1.807) is 0 Å². The van der Waals surface area contributed by atoms with Gasteiger partial charge < -0.3 is 14.4 Å². The molecule has 2 N–H and O–H groups in total. The highest BCUT2D eigenvalue weighted by Crippen LogP contribution is 2.47. The second-order valence-corrected chi connectivity index (χ2v) is 6.15. The van der Waals surface area contributed by atoms with Gasteiger partial charge in [-0.05, 0) is 0 Å². The number of methoxy groups -OCH3 is 1. The first-order chi connectivity index (χ1) is 10.4. The van der Waals surface area contributed by atoms with Gasteiger partial charge in [-0.25, -0.2) is 9.36 Å². The smallest absolute Gasteiger partial charge is 0.382 e. The van der Waals surface area contributed by atoms with E-state index in [0.29, 0.717) is 0 Å². The molecule has 1 saturated heterocycles. The van der Waals surface area contributed by atoms with Gasteiger partial charge in [-0.2, -0.15) is 0 Å². The van der Waals surface area contributed by atoms with Crippen LogP contribution in [0.4, 0.5) is 0 Å². The van der Waals surface area contributed by atoms with Crippen molar-refractivity contribution in [2.45, 2.75) is 24.9 Å². The first kappa shape index (κ1) is 17.1. The fourth-order valence-corrected chi connectivity index (χ4v) is 2.81. The van der Waals surface area contributed by atoms with Gasteiger partial charge >= 0.3 is 13.5 Å². The Morgan fingerprint density at radius 2 is 2.23 bits per heavy atom. The third kappa shape index (κ3) is 3.92. The number of rotatable bonds is 6. The molecule has 1 aliphatic rings. The van der Waals surface area contributed by atoms with Crippen LogP contribution in [0.2, 0.25) is 0 Å². The van der Waals surface area contributed by atoms with Crippen molar-refractivity contribution in [3.8, 4) is 0 Å². The number of phosphoric ester groups is 1. The minimum atomic E-state index is -4.20. The van der Waals surface area contributed by atoms with Crippen molar-refractivity contribution in [2.24, 2.45) is 0 Å². The number of ether oxygens (including phenoxy) is 2. The summed E-state index contributed by atoms with van der Waals surface area (Å²) in [7, 11) is -1.72. The van der Waals surface area contributed by atoms with Crippen LogP contribution >= 0.6 is 7.82 Å². The van der Waals surface area contributed by atoms with Crippen molar-refractivity contribution in [2.75, 3.05) is 20.8 Å². The number of H-pyrrole nitrogens is 1. The van der Waals surface area contributed by atoms with Gasteiger partial charge in [-0.3, -0.25) is 23.4 Å². The Bertz CT molecular complexity index is 671. The van der Waals surface area contributed by atoms with Crippen molar-refractivity contribution >= 4 is 7.82 Å². The van der Waals surface area contributed by atoms with E-state index in [0.717, 1.165) is 7.11 Å². The van der Waals surface area contributed by atoms with Crippen molar-refractivity contribution in [3.05, 3.63) is 33.1 Å². The lowest BCUT2D eigenvalue weighted by atomic mass is 10.2. The van der Waals surface area contributed by atoms with Gasteiger partial charge in [0.2, 0.25) is 0 Å². The third-order valence-corrected chi connectivity index (χ3v) is 4.17. The molecular formula is C11H17N2O8P. The maximum absolute atomic E-state index is 11.8. The minimum absolute atomic E-state index is 0.100. The quantitative estimate of drug-likeness (QED) is 0.672. The first-order valence-electron chi connectivity index (χ1n) is 6.39. The van der Waals surface area contributed by atoms with Gasteiger partial charge in [-0.1, -0.05) is 0 Å². The highest BCUT2D eigenvalue weighted by Gasteiger charge is 2.41. The molecule has 1 aromatic heterocycles. The zero-order valence-corrected chi connectivity index (χ0v) is 12.9. The Morgan fingerprint density at radius 3 is 2.82 bits per heavy atom. The van der Waals surface area contributed by atoms with E-state index in [4.69, 9.17) is 14.0 Å². The number of aromatic amines is 1. The second kappa shape index (κ2) is 6.86. The van der Waals surface area contributed by atoms with Crippen molar-refractivity contribution < 1.29 is 28.0 Å². The lowest BCUT2D eigenvalue weighted by Gasteiger charge is -2.19. The molecule has 0 amide bonds. The van der Waals surface area contributed by atoms with Crippen LogP contribution in [-0.4, -0.2) is 47.5 Å². The maximum atomic E-state index is 11.8. The molecule has 0 radical (unpaired) electrons. The van der Waals surface area contributed by atoms with E-state index in [-0.39, 0.29) is 13.0 Å². The standard InChI is InChI=1S/C11H17N2O8P/c1-18-6-8-7(21-22(16,17)19-2)5-10(20-8)13-4-3-9(14)12-11(13)15/h3-4,7-8,10H,5-6H2,1-2H3,(H,16,17)(H,12,14,15)/t7?,8-,10-/m1/s1. The van der Waals surface area contributed by atoms with Crippen molar-refractivity contribution in [3.63, 3.8) is 0 Å². The average molecular weight is 336 g/mol. The summed E-state index contributed by atoms with van der Waals surface area (Å²) in [6.45, 7) is 0.100. The molecule has 0 spiro atoms. The number of aromatic nitrogens is 2. The summed E-state index contributed by atoms with van der Waals surface area (Å²) in [5.74, 6) is 0. The Balaban J connectivity index is 2.21. The van der Waals surface area contributed by atoms with E-state index in [1.165, 1.54) is 23.9 Å². The van der Waals surface area contributed by atoms with Crippen molar-refractivity contribution in [1.29, 1.82) is 0 Å². The van der Waals surface area contributed by atoms with Crippen molar-refractivity contribution in [1.82, 2.24) is 9.55 Å². The Hall–Kier alpha value is -1.29. The predicted molar refractivity (Wildman–Crippen MR) is 73.4 cm³/mol. The lowest BCUT2D eigenvalue weighted by Crippen LogP contribution is -2.31. The largest absolute Gasteiger partial charge is 0.472 e. The van der Waals surface area contributed by atoms with Crippen LogP contribution in [0.25, 0.3) is 0 Å². The summed E-state index contributed by atoms with van der Waals surface area (Å²) in [4.78, 5) is 34.4. The van der Waals surface area contributed by atoms with Gasteiger partial charge in [0.1, 0.15) is 18.4 Å². The van der Waals surface area contributed by atoms with Gasteiger partial charge in [0.25, 0.3) is 5.56 Å². The second-order valence-electron chi connectivity index (χ2n) is 4.63. The van der Waals surface area contributed by atoms with Crippen LogP contribution < -0.4 is 11.2 Å². The molecule has 0 saturated carbocycles. The lowest BCUT2D eigenvalue weighted by molar-refractivity contribution is -0.0544.